The highest BCUT2D eigenvalue weighted by molar-refractivity contribution is 5.81. The zero-order valence-electron chi connectivity index (χ0n) is 17.3. The van der Waals surface area contributed by atoms with Gasteiger partial charge in [0.2, 0.25) is 0 Å². The normalized spacial score (nSPS) is 15.9. The minimum atomic E-state index is 0.796. The molecule has 150 valence electrons. The number of hydrogen-bond donors (Lipinski definition) is 0. The van der Waals surface area contributed by atoms with E-state index in [0.29, 0.717) is 0 Å². The Hall–Kier alpha value is -1.48. The predicted octanol–water partition coefficient (Wildman–Crippen LogP) is 6.26. The minimum absolute atomic E-state index is 0.796. The maximum atomic E-state index is 6.05. The Labute approximate surface area is 165 Å². The van der Waals surface area contributed by atoms with E-state index in [2.05, 4.69) is 46.9 Å². The van der Waals surface area contributed by atoms with E-state index in [0.717, 1.165) is 25.4 Å². The molecule has 1 aromatic heterocycles. The monoisotopic (exact) mass is 370 g/mol. The fourth-order valence-corrected chi connectivity index (χ4v) is 4.18. The standard InChI is InChI=1S/C24H38N2O/c1-2-3-4-5-6-11-17-26-18-14-22-21-23(12-13-24(22)26)27-20-19-25-15-9-7-8-10-16-25/h12-14,18,21H,2-11,15-17,19-20H2,1H3. The van der Waals surface area contributed by atoms with Crippen LogP contribution in [-0.4, -0.2) is 35.7 Å². The van der Waals surface area contributed by atoms with Crippen molar-refractivity contribution < 1.29 is 4.74 Å². The van der Waals surface area contributed by atoms with E-state index in [-0.39, 0.29) is 0 Å². The molecule has 1 saturated heterocycles. The van der Waals surface area contributed by atoms with E-state index in [4.69, 9.17) is 4.74 Å². The van der Waals surface area contributed by atoms with Gasteiger partial charge < -0.3 is 9.30 Å². The highest BCUT2D eigenvalue weighted by atomic mass is 16.5. The maximum absolute atomic E-state index is 6.05. The summed E-state index contributed by atoms with van der Waals surface area (Å²) in [6, 6.07) is 8.81. The van der Waals surface area contributed by atoms with Crippen molar-refractivity contribution in [1.29, 1.82) is 0 Å². The smallest absolute Gasteiger partial charge is 0.120 e. The molecule has 3 nitrogen and oxygen atoms in total. The number of aromatic nitrogens is 1. The van der Waals surface area contributed by atoms with E-state index in [9.17, 15) is 0 Å². The quantitative estimate of drug-likeness (QED) is 0.435. The van der Waals surface area contributed by atoms with E-state index in [1.165, 1.54) is 88.2 Å². The summed E-state index contributed by atoms with van der Waals surface area (Å²) in [7, 11) is 0. The second-order valence-corrected chi connectivity index (χ2v) is 8.10. The number of benzene rings is 1. The summed E-state index contributed by atoms with van der Waals surface area (Å²) >= 11 is 0. The van der Waals surface area contributed by atoms with Crippen LogP contribution in [0.15, 0.2) is 30.5 Å². The Morgan fingerprint density at radius 2 is 1.63 bits per heavy atom. The van der Waals surface area contributed by atoms with E-state index in [1.807, 2.05) is 0 Å². The van der Waals surface area contributed by atoms with Gasteiger partial charge in [-0.15, -0.1) is 0 Å². The third-order valence-electron chi connectivity index (χ3n) is 5.87. The molecule has 0 saturated carbocycles. The van der Waals surface area contributed by atoms with Gasteiger partial charge in [-0.25, -0.2) is 0 Å². The molecule has 0 aliphatic carbocycles. The number of ether oxygens (including phenoxy) is 1. The first-order valence-corrected chi connectivity index (χ1v) is 11.3. The predicted molar refractivity (Wildman–Crippen MR) is 116 cm³/mol. The molecule has 0 atom stereocenters. The van der Waals surface area contributed by atoms with Crippen LogP contribution in [0.2, 0.25) is 0 Å². The third kappa shape index (κ3) is 6.57. The van der Waals surface area contributed by atoms with Crippen molar-refractivity contribution in [3.63, 3.8) is 0 Å². The zero-order chi connectivity index (χ0) is 18.7. The lowest BCUT2D eigenvalue weighted by Crippen LogP contribution is -2.29. The SMILES string of the molecule is CCCCCCCCn1ccc2cc(OCCN3CCCCCC3)ccc21. The van der Waals surface area contributed by atoms with Crippen LogP contribution in [0.1, 0.15) is 71.1 Å². The second kappa shape index (κ2) is 11.4. The lowest BCUT2D eigenvalue weighted by atomic mass is 10.1. The van der Waals surface area contributed by atoms with Crippen LogP contribution in [0.5, 0.6) is 5.75 Å². The molecule has 3 heteroatoms. The van der Waals surface area contributed by atoms with Crippen LogP contribution < -0.4 is 4.74 Å². The molecule has 0 amide bonds. The molecular formula is C24H38N2O. The van der Waals surface area contributed by atoms with Gasteiger partial charge in [0.1, 0.15) is 12.4 Å². The van der Waals surface area contributed by atoms with Gasteiger partial charge >= 0.3 is 0 Å². The van der Waals surface area contributed by atoms with Gasteiger partial charge in [-0.2, -0.15) is 0 Å². The summed E-state index contributed by atoms with van der Waals surface area (Å²) in [4.78, 5) is 2.56. The Morgan fingerprint density at radius 3 is 2.44 bits per heavy atom. The van der Waals surface area contributed by atoms with Gasteiger partial charge in [-0.05, 0) is 56.6 Å². The van der Waals surface area contributed by atoms with Gasteiger partial charge in [0.25, 0.3) is 0 Å². The fourth-order valence-electron chi connectivity index (χ4n) is 4.18. The number of aryl methyl sites for hydroxylation is 1. The molecule has 0 bridgehead atoms. The molecule has 0 radical (unpaired) electrons. The van der Waals surface area contributed by atoms with Crippen LogP contribution in [0.3, 0.4) is 0 Å². The van der Waals surface area contributed by atoms with Crippen molar-refractivity contribution in [3.8, 4) is 5.75 Å². The van der Waals surface area contributed by atoms with E-state index in [1.54, 1.807) is 0 Å². The van der Waals surface area contributed by atoms with Crippen molar-refractivity contribution in [2.75, 3.05) is 26.2 Å². The van der Waals surface area contributed by atoms with Crippen molar-refractivity contribution in [2.45, 2.75) is 77.7 Å². The third-order valence-corrected chi connectivity index (χ3v) is 5.87. The highest BCUT2D eigenvalue weighted by Gasteiger charge is 2.09. The molecule has 27 heavy (non-hydrogen) atoms. The molecule has 1 aliphatic heterocycles. The molecule has 0 spiro atoms. The summed E-state index contributed by atoms with van der Waals surface area (Å²) in [5, 5.41) is 1.30. The van der Waals surface area contributed by atoms with Crippen molar-refractivity contribution in [2.24, 2.45) is 0 Å². The molecule has 1 fully saturated rings. The fraction of sp³-hybridized carbons (Fsp3) is 0.667. The van der Waals surface area contributed by atoms with E-state index >= 15 is 0 Å². The Morgan fingerprint density at radius 1 is 0.852 bits per heavy atom. The lowest BCUT2D eigenvalue weighted by Gasteiger charge is -2.19. The van der Waals surface area contributed by atoms with Gasteiger partial charge in [0.15, 0.2) is 0 Å². The van der Waals surface area contributed by atoms with Gasteiger partial charge in [-0.3, -0.25) is 4.90 Å². The van der Waals surface area contributed by atoms with Crippen LogP contribution in [0, 0.1) is 0 Å². The molecule has 3 rings (SSSR count). The van der Waals surface area contributed by atoms with Crippen LogP contribution >= 0.6 is 0 Å². The zero-order valence-corrected chi connectivity index (χ0v) is 17.3. The summed E-state index contributed by atoms with van der Waals surface area (Å²) in [6.07, 6.45) is 15.8. The molecule has 1 aromatic carbocycles. The van der Waals surface area contributed by atoms with Crippen LogP contribution in [0.25, 0.3) is 10.9 Å². The summed E-state index contributed by atoms with van der Waals surface area (Å²) in [6.45, 7) is 7.73. The van der Waals surface area contributed by atoms with Crippen molar-refractivity contribution in [3.05, 3.63) is 30.5 Å². The minimum Gasteiger partial charge on any atom is -0.492 e. The summed E-state index contributed by atoms with van der Waals surface area (Å²) < 4.78 is 8.45. The number of nitrogens with zero attached hydrogens (tertiary/aromatic N) is 2. The van der Waals surface area contributed by atoms with Crippen LogP contribution in [-0.2, 0) is 6.54 Å². The first kappa shape index (κ1) is 20.3. The Balaban J connectivity index is 1.43. The van der Waals surface area contributed by atoms with Crippen molar-refractivity contribution >= 4 is 10.9 Å². The first-order valence-electron chi connectivity index (χ1n) is 11.3. The molecule has 1 aliphatic rings. The Kier molecular flexibility index (Phi) is 8.54. The van der Waals surface area contributed by atoms with Crippen LogP contribution in [0.4, 0.5) is 0 Å². The lowest BCUT2D eigenvalue weighted by molar-refractivity contribution is 0.214. The topological polar surface area (TPSA) is 17.4 Å². The second-order valence-electron chi connectivity index (χ2n) is 8.10. The molecule has 0 N–H and O–H groups in total. The number of likely N-dealkylation sites (tertiary alicyclic amines) is 1. The molecule has 2 heterocycles. The molecule has 0 unspecified atom stereocenters. The van der Waals surface area contributed by atoms with Gasteiger partial charge in [0, 0.05) is 30.2 Å². The molecule has 2 aromatic rings. The number of rotatable bonds is 11. The summed E-state index contributed by atoms with van der Waals surface area (Å²) in [5.41, 5.74) is 1.34. The molecular weight excluding hydrogens is 332 g/mol. The first-order chi connectivity index (χ1) is 13.4. The Bertz CT molecular complexity index is 655. The highest BCUT2D eigenvalue weighted by Crippen LogP contribution is 2.23. The average molecular weight is 371 g/mol. The van der Waals surface area contributed by atoms with Gasteiger partial charge in [-0.1, -0.05) is 51.9 Å². The van der Waals surface area contributed by atoms with E-state index < -0.39 is 0 Å². The van der Waals surface area contributed by atoms with Gasteiger partial charge in [0.05, 0.1) is 0 Å². The average Bonchev–Trinajstić information content (AvgIpc) is 2.90. The maximum Gasteiger partial charge on any atom is 0.120 e. The summed E-state index contributed by atoms with van der Waals surface area (Å²) in [5.74, 6) is 1.01. The van der Waals surface area contributed by atoms with Crippen molar-refractivity contribution in [1.82, 2.24) is 9.47 Å². The number of hydrogen-bond acceptors (Lipinski definition) is 2. The number of unbranched alkanes of at least 4 members (excludes halogenated alkanes) is 5. The largest absolute Gasteiger partial charge is 0.492 e. The number of fused-ring (bicyclic) bond motifs is 1.